The molecule has 0 unspecified atom stereocenters. The molecule has 7 aliphatic rings. The van der Waals surface area contributed by atoms with Gasteiger partial charge in [-0.05, 0) is 87.0 Å². The molecular formula is C36H56O14. The molecule has 50 heavy (non-hydrogen) atoms. The lowest BCUT2D eigenvalue weighted by atomic mass is 9.42. The summed E-state index contributed by atoms with van der Waals surface area (Å²) < 4.78 is 34.2. The van der Waals surface area contributed by atoms with E-state index in [-0.39, 0.29) is 35.6 Å². The van der Waals surface area contributed by atoms with Gasteiger partial charge in [0, 0.05) is 25.0 Å². The summed E-state index contributed by atoms with van der Waals surface area (Å²) in [5.74, 6) is -0.135. The van der Waals surface area contributed by atoms with Crippen LogP contribution in [0.1, 0.15) is 78.6 Å². The van der Waals surface area contributed by atoms with Crippen molar-refractivity contribution in [3.63, 3.8) is 0 Å². The third-order valence-corrected chi connectivity index (χ3v) is 14.6. The largest absolute Gasteiger partial charge is 0.458 e. The summed E-state index contributed by atoms with van der Waals surface area (Å²) in [6, 6.07) is 0. The minimum Gasteiger partial charge on any atom is -0.458 e. The Morgan fingerprint density at radius 2 is 1.52 bits per heavy atom. The first kappa shape index (κ1) is 37.1. The number of esters is 1. The van der Waals surface area contributed by atoms with Gasteiger partial charge in [0.25, 0.3) is 0 Å². The molecule has 0 aromatic rings. The van der Waals surface area contributed by atoms with E-state index in [0.717, 1.165) is 24.8 Å². The standard InChI is InChI=1S/C36H56O14/c1-17-25(39)30(45-4)28(42)32(47-17)50-29-23(15-37)49-31(27(41)26(29)40)48-19-5-9-33(2)21-6-10-34(3)20(18-13-24(38)46-16-18)8-12-36(34,44)22(21)7-11-35(33,43)14-19/h13,17,19-23,25-32,37,39-44H,5-12,14-16H2,1-4H3/t17-,19+,20-,21+,22-,23-,25+,26-,27-,28-,29-,30+,31-,32+,33-,34-,35+,36+/m1/s1. The van der Waals surface area contributed by atoms with E-state index in [0.29, 0.717) is 38.7 Å². The van der Waals surface area contributed by atoms with Crippen LogP contribution in [0.5, 0.6) is 0 Å². The minimum atomic E-state index is -1.59. The fourth-order valence-electron chi connectivity index (χ4n) is 11.5. The van der Waals surface area contributed by atoms with Gasteiger partial charge in [0.1, 0.15) is 49.3 Å². The normalized spacial score (nSPS) is 55.1. The van der Waals surface area contributed by atoms with Crippen molar-refractivity contribution in [2.45, 2.75) is 157 Å². The number of methoxy groups -OCH3 is 1. The van der Waals surface area contributed by atoms with Crippen LogP contribution in [0.2, 0.25) is 0 Å². The minimum absolute atomic E-state index is 0.00518. The zero-order valence-corrected chi connectivity index (χ0v) is 29.4. The zero-order chi connectivity index (χ0) is 36.0. The molecular weight excluding hydrogens is 656 g/mol. The number of rotatable bonds is 7. The average Bonchev–Trinajstić information content (AvgIpc) is 3.63. The number of aliphatic hydroxyl groups is 7. The van der Waals surface area contributed by atoms with Crippen LogP contribution >= 0.6 is 0 Å². The van der Waals surface area contributed by atoms with E-state index in [4.69, 9.17) is 28.4 Å². The van der Waals surface area contributed by atoms with Crippen LogP contribution in [-0.4, -0.2) is 141 Å². The van der Waals surface area contributed by atoms with Gasteiger partial charge in [-0.1, -0.05) is 13.8 Å². The Kier molecular flexibility index (Phi) is 9.81. The molecule has 4 aliphatic carbocycles. The molecule has 3 heterocycles. The van der Waals surface area contributed by atoms with E-state index in [2.05, 4.69) is 13.8 Å². The molecule has 14 nitrogen and oxygen atoms in total. The maximum Gasteiger partial charge on any atom is 0.331 e. The molecule has 6 fully saturated rings. The van der Waals surface area contributed by atoms with E-state index in [9.17, 15) is 40.5 Å². The van der Waals surface area contributed by atoms with Crippen LogP contribution in [0.25, 0.3) is 0 Å². The van der Waals surface area contributed by atoms with Gasteiger partial charge in [-0.2, -0.15) is 0 Å². The third kappa shape index (κ3) is 5.55. The van der Waals surface area contributed by atoms with E-state index >= 15 is 0 Å². The number of ether oxygens (including phenoxy) is 6. The SMILES string of the molecule is CO[C@H]1[C@@H](O)[C@@H](C)O[C@@H](O[C@H]2[C@H](O)[C@@H](O)[C@H](O[C@H]3CC[C@]4(C)[C@H]5CC[C@]6(C)[C@@H](C7=CC(=O)OC7)CC[C@]6(O)[C@@H]5CC[C@]4(O)C3)O[C@@H]2CO)[C@@H]1O. The third-order valence-electron chi connectivity index (χ3n) is 14.6. The molecule has 18 atom stereocenters. The summed E-state index contributed by atoms with van der Waals surface area (Å²) in [5.41, 5.74) is -1.90. The highest BCUT2D eigenvalue weighted by atomic mass is 16.7. The highest BCUT2D eigenvalue weighted by Crippen LogP contribution is 2.70. The first-order valence-corrected chi connectivity index (χ1v) is 18.4. The zero-order valence-electron chi connectivity index (χ0n) is 29.4. The van der Waals surface area contributed by atoms with Crippen LogP contribution in [-0.2, 0) is 33.2 Å². The molecule has 7 rings (SSSR count). The second-order valence-electron chi connectivity index (χ2n) is 16.7. The molecule has 0 bridgehead atoms. The van der Waals surface area contributed by atoms with Gasteiger partial charge in [0.2, 0.25) is 0 Å². The lowest BCUT2D eigenvalue weighted by Crippen LogP contribution is -2.68. The first-order valence-electron chi connectivity index (χ1n) is 18.4. The molecule has 0 radical (unpaired) electrons. The first-order chi connectivity index (χ1) is 23.6. The van der Waals surface area contributed by atoms with Gasteiger partial charge in [0.15, 0.2) is 12.6 Å². The Balaban J connectivity index is 1.01. The number of carbonyl (C=O) groups is 1. The van der Waals surface area contributed by atoms with Crippen molar-refractivity contribution in [3.05, 3.63) is 11.6 Å². The van der Waals surface area contributed by atoms with Crippen molar-refractivity contribution in [2.75, 3.05) is 20.3 Å². The number of cyclic esters (lactones) is 1. The Hall–Kier alpha value is -1.27. The summed E-state index contributed by atoms with van der Waals surface area (Å²) in [6.45, 7) is 5.59. The maximum absolute atomic E-state index is 12.5. The number of carbonyl (C=O) groups excluding carboxylic acids is 1. The smallest absolute Gasteiger partial charge is 0.331 e. The van der Waals surface area contributed by atoms with Crippen molar-refractivity contribution in [1.82, 2.24) is 0 Å². The van der Waals surface area contributed by atoms with Crippen molar-refractivity contribution in [2.24, 2.45) is 28.6 Å². The fraction of sp³-hybridized carbons (Fsp3) is 0.917. The second-order valence-corrected chi connectivity index (χ2v) is 16.7. The maximum atomic E-state index is 12.5. The predicted molar refractivity (Wildman–Crippen MR) is 172 cm³/mol. The van der Waals surface area contributed by atoms with Crippen molar-refractivity contribution >= 4 is 5.97 Å². The molecule has 7 N–H and O–H groups in total. The number of fused-ring (bicyclic) bond motifs is 5. The molecule has 2 saturated heterocycles. The van der Waals surface area contributed by atoms with Gasteiger partial charge in [-0.3, -0.25) is 0 Å². The highest BCUT2D eigenvalue weighted by Gasteiger charge is 2.70. The lowest BCUT2D eigenvalue weighted by molar-refractivity contribution is -0.364. The van der Waals surface area contributed by atoms with Crippen LogP contribution in [0.15, 0.2) is 11.6 Å². The molecule has 3 aliphatic heterocycles. The monoisotopic (exact) mass is 712 g/mol. The fourth-order valence-corrected chi connectivity index (χ4v) is 11.5. The number of hydrogen-bond acceptors (Lipinski definition) is 14. The van der Waals surface area contributed by atoms with Crippen LogP contribution < -0.4 is 0 Å². The van der Waals surface area contributed by atoms with Crippen LogP contribution in [0.4, 0.5) is 0 Å². The number of aliphatic hydroxyl groups excluding tert-OH is 5. The molecule has 0 aromatic heterocycles. The van der Waals surface area contributed by atoms with Crippen molar-refractivity contribution < 1.29 is 69.0 Å². The van der Waals surface area contributed by atoms with Crippen LogP contribution in [0.3, 0.4) is 0 Å². The van der Waals surface area contributed by atoms with Gasteiger partial charge < -0.3 is 64.2 Å². The molecule has 14 heteroatoms. The van der Waals surface area contributed by atoms with Gasteiger partial charge in [-0.25, -0.2) is 4.79 Å². The van der Waals surface area contributed by atoms with Gasteiger partial charge in [0.05, 0.1) is 30.0 Å². The quantitative estimate of drug-likeness (QED) is 0.137. The second kappa shape index (κ2) is 13.2. The van der Waals surface area contributed by atoms with Crippen molar-refractivity contribution in [1.29, 1.82) is 0 Å². The van der Waals surface area contributed by atoms with Crippen molar-refractivity contribution in [3.8, 4) is 0 Å². The Bertz CT molecular complexity index is 1310. The molecule has 0 aromatic carbocycles. The summed E-state index contributed by atoms with van der Waals surface area (Å²) in [7, 11) is 1.33. The highest BCUT2D eigenvalue weighted by molar-refractivity contribution is 5.85. The number of hydrogen-bond donors (Lipinski definition) is 7. The van der Waals surface area contributed by atoms with E-state index in [1.54, 1.807) is 13.0 Å². The Morgan fingerprint density at radius 1 is 0.820 bits per heavy atom. The predicted octanol–water partition coefficient (Wildman–Crippen LogP) is 0.0493. The van der Waals surface area contributed by atoms with E-state index in [1.807, 2.05) is 0 Å². The van der Waals surface area contributed by atoms with E-state index in [1.165, 1.54) is 7.11 Å². The summed E-state index contributed by atoms with van der Waals surface area (Å²) >= 11 is 0. The summed E-state index contributed by atoms with van der Waals surface area (Å²) in [4.78, 5) is 11.9. The Morgan fingerprint density at radius 3 is 2.20 bits per heavy atom. The molecule has 4 saturated carbocycles. The lowest BCUT2D eigenvalue weighted by Gasteiger charge is -2.66. The average molecular weight is 713 g/mol. The van der Waals surface area contributed by atoms with E-state index < -0.39 is 90.7 Å². The molecule has 0 amide bonds. The summed E-state index contributed by atoms with van der Waals surface area (Å²) in [5, 5.41) is 78.4. The Labute approximate surface area is 292 Å². The van der Waals surface area contributed by atoms with Gasteiger partial charge >= 0.3 is 5.97 Å². The van der Waals surface area contributed by atoms with Crippen LogP contribution in [0, 0.1) is 28.6 Å². The topological polar surface area (TPSA) is 214 Å². The summed E-state index contributed by atoms with van der Waals surface area (Å²) in [6.07, 6.45) is -5.86. The molecule has 284 valence electrons. The molecule has 0 spiro atoms. The van der Waals surface area contributed by atoms with Gasteiger partial charge in [-0.15, -0.1) is 0 Å².